The fraction of sp³-hybridized carbons (Fsp3) is 0.269. The molecule has 5 heteroatoms. The summed E-state index contributed by atoms with van der Waals surface area (Å²) >= 11 is 0. The molecule has 0 fully saturated rings. The molecule has 0 amide bonds. The minimum absolute atomic E-state index is 0.150. The number of aliphatic hydroxyl groups is 1. The van der Waals surface area contributed by atoms with Crippen molar-refractivity contribution in [2.75, 3.05) is 6.61 Å². The first kappa shape index (κ1) is 22.9. The van der Waals surface area contributed by atoms with E-state index in [0.717, 1.165) is 10.4 Å². The molecular formula is C26H29NO3Si. The summed E-state index contributed by atoms with van der Waals surface area (Å²) in [5, 5.41) is 13.3. The van der Waals surface area contributed by atoms with Crippen molar-refractivity contribution in [2.45, 2.75) is 38.0 Å². The maximum atomic E-state index is 11.1. The minimum Gasteiger partial charge on any atom is -0.407 e. The van der Waals surface area contributed by atoms with E-state index in [4.69, 9.17) is 4.43 Å². The van der Waals surface area contributed by atoms with Crippen molar-refractivity contribution in [3.63, 3.8) is 0 Å². The van der Waals surface area contributed by atoms with Gasteiger partial charge in [0.05, 0.1) is 0 Å². The molecule has 1 unspecified atom stereocenters. The Labute approximate surface area is 185 Å². The molecule has 1 N–H and O–H groups in total. The van der Waals surface area contributed by atoms with Crippen LogP contribution in [0, 0.1) is 0 Å². The highest BCUT2D eigenvalue weighted by Gasteiger charge is 2.50. The molecule has 3 aromatic carbocycles. The lowest BCUT2D eigenvalue weighted by Crippen LogP contribution is -2.66. The Morgan fingerprint density at radius 1 is 0.839 bits per heavy atom. The van der Waals surface area contributed by atoms with E-state index < -0.39 is 14.0 Å². The molecule has 0 spiro atoms. The Morgan fingerprint density at radius 3 is 1.71 bits per heavy atom. The molecule has 3 aromatic rings. The summed E-state index contributed by atoms with van der Waals surface area (Å²) in [5.41, 5.74) is -1.13. The third kappa shape index (κ3) is 4.76. The number of aliphatic imine (C=N–C) groups is 1. The van der Waals surface area contributed by atoms with Crippen LogP contribution in [0.25, 0.3) is 0 Å². The molecule has 0 aliphatic heterocycles. The van der Waals surface area contributed by atoms with E-state index in [1.807, 2.05) is 54.6 Å². The molecule has 1 atom stereocenters. The fourth-order valence-electron chi connectivity index (χ4n) is 4.15. The third-order valence-corrected chi connectivity index (χ3v) is 10.7. The second kappa shape index (κ2) is 9.54. The number of carbonyl (C=O) groups excluding carboxylic acids is 1. The Hall–Kier alpha value is -2.82. The largest absolute Gasteiger partial charge is 0.407 e. The van der Waals surface area contributed by atoms with Gasteiger partial charge < -0.3 is 9.53 Å². The molecule has 0 aliphatic rings. The predicted molar refractivity (Wildman–Crippen MR) is 127 cm³/mol. The molecule has 0 aromatic heterocycles. The standard InChI is InChI=1S/C26H29NO3Si/c1-25(2,3)31(23-15-9-5-10-16-23,24-17-11-6-12-18-24)30-20-19-26(29,27-21-28)22-13-7-4-8-14-22/h4-18,29H,19-20H2,1-3H3. The lowest BCUT2D eigenvalue weighted by molar-refractivity contribution is 0.0224. The number of hydrogen-bond donors (Lipinski definition) is 1. The van der Waals surface area contributed by atoms with E-state index >= 15 is 0 Å². The molecule has 4 nitrogen and oxygen atoms in total. The molecule has 0 bridgehead atoms. The van der Waals surface area contributed by atoms with Gasteiger partial charge in [-0.15, -0.1) is 0 Å². The summed E-state index contributed by atoms with van der Waals surface area (Å²) in [5.74, 6) is 0. The van der Waals surface area contributed by atoms with Crippen molar-refractivity contribution in [2.24, 2.45) is 4.99 Å². The quantitative estimate of drug-likeness (QED) is 0.331. The molecule has 0 saturated carbocycles. The van der Waals surface area contributed by atoms with Crippen LogP contribution >= 0.6 is 0 Å². The number of rotatable bonds is 8. The molecule has 3 rings (SSSR count). The summed E-state index contributed by atoms with van der Waals surface area (Å²) in [7, 11) is -2.72. The van der Waals surface area contributed by atoms with Gasteiger partial charge in [0.15, 0.2) is 5.72 Å². The van der Waals surface area contributed by atoms with Gasteiger partial charge in [0, 0.05) is 18.6 Å². The highest BCUT2D eigenvalue weighted by atomic mass is 28.4. The van der Waals surface area contributed by atoms with Crippen LogP contribution in [-0.4, -0.2) is 26.1 Å². The Morgan fingerprint density at radius 2 is 1.29 bits per heavy atom. The van der Waals surface area contributed by atoms with Crippen molar-refractivity contribution >= 4 is 24.8 Å². The molecule has 31 heavy (non-hydrogen) atoms. The molecule has 0 radical (unpaired) electrons. The zero-order valence-electron chi connectivity index (χ0n) is 18.3. The lowest BCUT2D eigenvalue weighted by atomic mass is 10.0. The average Bonchev–Trinajstić information content (AvgIpc) is 2.78. The highest BCUT2D eigenvalue weighted by Crippen LogP contribution is 2.37. The van der Waals surface area contributed by atoms with Crippen LogP contribution in [0.2, 0.25) is 5.04 Å². The van der Waals surface area contributed by atoms with Crippen molar-refractivity contribution in [3.05, 3.63) is 96.6 Å². The van der Waals surface area contributed by atoms with Gasteiger partial charge in [0.1, 0.15) is 0 Å². The first-order valence-electron chi connectivity index (χ1n) is 10.5. The first-order valence-corrected chi connectivity index (χ1v) is 12.4. The molecule has 0 heterocycles. The zero-order valence-corrected chi connectivity index (χ0v) is 19.3. The van der Waals surface area contributed by atoms with E-state index in [-0.39, 0.29) is 18.1 Å². The van der Waals surface area contributed by atoms with Crippen molar-refractivity contribution in [1.29, 1.82) is 0 Å². The van der Waals surface area contributed by atoms with Crippen LogP contribution in [0.4, 0.5) is 0 Å². The van der Waals surface area contributed by atoms with E-state index in [9.17, 15) is 9.90 Å². The molecule has 0 aliphatic carbocycles. The van der Waals surface area contributed by atoms with Gasteiger partial charge in [0.2, 0.25) is 6.08 Å². The van der Waals surface area contributed by atoms with Gasteiger partial charge in [-0.3, -0.25) is 0 Å². The summed E-state index contributed by atoms with van der Waals surface area (Å²) in [6.45, 7) is 6.84. The second-order valence-electron chi connectivity index (χ2n) is 8.65. The summed E-state index contributed by atoms with van der Waals surface area (Å²) in [6, 6.07) is 29.6. The summed E-state index contributed by atoms with van der Waals surface area (Å²) < 4.78 is 6.82. The van der Waals surface area contributed by atoms with Crippen LogP contribution in [0.1, 0.15) is 32.8 Å². The van der Waals surface area contributed by atoms with Gasteiger partial charge in [-0.2, -0.15) is 4.99 Å². The van der Waals surface area contributed by atoms with E-state index in [0.29, 0.717) is 5.56 Å². The van der Waals surface area contributed by atoms with Crippen LogP contribution < -0.4 is 10.4 Å². The maximum absolute atomic E-state index is 11.1. The van der Waals surface area contributed by atoms with Gasteiger partial charge in [-0.1, -0.05) is 112 Å². The third-order valence-electron chi connectivity index (χ3n) is 5.65. The van der Waals surface area contributed by atoms with Gasteiger partial charge in [-0.25, -0.2) is 4.79 Å². The lowest BCUT2D eigenvalue weighted by Gasteiger charge is -2.43. The normalized spacial score (nSPS) is 13.8. The molecule has 160 valence electrons. The maximum Gasteiger partial charge on any atom is 0.261 e. The first-order chi connectivity index (χ1) is 14.8. The molecular weight excluding hydrogens is 402 g/mol. The predicted octanol–water partition coefficient (Wildman–Crippen LogP) is 4.13. The fourth-order valence-corrected chi connectivity index (χ4v) is 8.72. The van der Waals surface area contributed by atoms with Crippen LogP contribution in [-0.2, 0) is 14.9 Å². The highest BCUT2D eigenvalue weighted by molar-refractivity contribution is 6.99. The molecule has 0 saturated heterocycles. The number of nitrogens with zero attached hydrogens (tertiary/aromatic N) is 1. The summed E-state index contributed by atoms with van der Waals surface area (Å²) in [4.78, 5) is 14.8. The SMILES string of the molecule is CC(C)(C)[Si](OCCC(O)(N=C=O)c1ccccc1)(c1ccccc1)c1ccccc1. The minimum atomic E-state index is -2.72. The topological polar surface area (TPSA) is 58.9 Å². The van der Waals surface area contributed by atoms with Crippen LogP contribution in [0.3, 0.4) is 0 Å². The van der Waals surface area contributed by atoms with Crippen LogP contribution in [0.15, 0.2) is 96.0 Å². The average molecular weight is 432 g/mol. The smallest absolute Gasteiger partial charge is 0.261 e. The number of benzene rings is 3. The van der Waals surface area contributed by atoms with Crippen LogP contribution in [0.5, 0.6) is 0 Å². The van der Waals surface area contributed by atoms with Gasteiger partial charge >= 0.3 is 0 Å². The number of isocyanates is 1. The van der Waals surface area contributed by atoms with Crippen molar-refractivity contribution in [1.82, 2.24) is 0 Å². The van der Waals surface area contributed by atoms with E-state index in [1.165, 1.54) is 6.08 Å². The van der Waals surface area contributed by atoms with Gasteiger partial charge in [0.25, 0.3) is 8.32 Å². The van der Waals surface area contributed by atoms with Gasteiger partial charge in [-0.05, 0) is 15.4 Å². The second-order valence-corrected chi connectivity index (χ2v) is 13.0. The Kier molecular flexibility index (Phi) is 7.03. The monoisotopic (exact) mass is 431 g/mol. The van der Waals surface area contributed by atoms with Crippen molar-refractivity contribution in [3.8, 4) is 0 Å². The van der Waals surface area contributed by atoms with E-state index in [1.54, 1.807) is 12.1 Å². The van der Waals surface area contributed by atoms with E-state index in [2.05, 4.69) is 50.0 Å². The Balaban J connectivity index is 2.01. The number of hydrogen-bond acceptors (Lipinski definition) is 4. The summed E-state index contributed by atoms with van der Waals surface area (Å²) in [6.07, 6.45) is 1.68. The van der Waals surface area contributed by atoms with Crippen molar-refractivity contribution < 1.29 is 14.3 Å². The Bertz CT molecular complexity index is 973. The zero-order chi connectivity index (χ0) is 22.4.